The molecule has 2 aromatic rings. The molecule has 2 aliphatic rings. The van der Waals surface area contributed by atoms with Gasteiger partial charge in [-0.15, -0.1) is 0 Å². The van der Waals surface area contributed by atoms with Gasteiger partial charge in [0.05, 0.1) is 17.7 Å². The lowest BCUT2D eigenvalue weighted by molar-refractivity contribution is -0.261. The predicted octanol–water partition coefficient (Wildman–Crippen LogP) is 4.96. The standard InChI is InChI=1S/C29H35ClF3N3O4/c1-34(2)25(37)23-9-8-21(17-24(23)30)36-14-11-27(12-15-36)18-20(27)10-13-35(3)26(38)28(39,29(31,32)33)19-6-5-7-22(16-19)40-4/h5-9,16-17,20,39H,10-15,18H2,1-4H3/t20-,28+/m0/s1. The van der Waals surface area contributed by atoms with Crippen molar-refractivity contribution in [3.05, 3.63) is 58.6 Å². The van der Waals surface area contributed by atoms with Gasteiger partial charge in [-0.2, -0.15) is 13.2 Å². The van der Waals surface area contributed by atoms with Gasteiger partial charge in [0.15, 0.2) is 0 Å². The van der Waals surface area contributed by atoms with E-state index in [-0.39, 0.29) is 23.6 Å². The van der Waals surface area contributed by atoms with Crippen molar-refractivity contribution in [3.63, 3.8) is 0 Å². The van der Waals surface area contributed by atoms with Crippen molar-refractivity contribution in [1.29, 1.82) is 0 Å². The molecule has 2 aromatic carbocycles. The number of rotatable bonds is 8. The lowest BCUT2D eigenvalue weighted by Crippen LogP contribution is -2.55. The summed E-state index contributed by atoms with van der Waals surface area (Å²) in [6.45, 7) is 1.70. The first-order valence-electron chi connectivity index (χ1n) is 13.2. The number of ether oxygens (including phenoxy) is 1. The van der Waals surface area contributed by atoms with Gasteiger partial charge in [-0.1, -0.05) is 23.7 Å². The Morgan fingerprint density at radius 3 is 2.38 bits per heavy atom. The number of methoxy groups -OCH3 is 1. The van der Waals surface area contributed by atoms with Crippen molar-refractivity contribution in [2.45, 2.75) is 37.5 Å². The number of piperidine rings is 1. The molecule has 1 heterocycles. The van der Waals surface area contributed by atoms with E-state index in [0.717, 1.165) is 55.1 Å². The van der Waals surface area contributed by atoms with Gasteiger partial charge in [0.1, 0.15) is 5.75 Å². The molecule has 1 spiro atoms. The van der Waals surface area contributed by atoms with Crippen LogP contribution in [0.4, 0.5) is 18.9 Å². The maximum absolute atomic E-state index is 14.1. The molecule has 11 heteroatoms. The molecular weight excluding hydrogens is 547 g/mol. The van der Waals surface area contributed by atoms with Crippen molar-refractivity contribution in [1.82, 2.24) is 9.80 Å². The molecular formula is C29H35ClF3N3O4. The van der Waals surface area contributed by atoms with Gasteiger partial charge in [0.25, 0.3) is 17.4 Å². The minimum Gasteiger partial charge on any atom is -0.497 e. The highest BCUT2D eigenvalue weighted by atomic mass is 35.5. The van der Waals surface area contributed by atoms with Crippen molar-refractivity contribution in [2.75, 3.05) is 52.8 Å². The van der Waals surface area contributed by atoms with Gasteiger partial charge in [0.2, 0.25) is 0 Å². The molecule has 2 amide bonds. The van der Waals surface area contributed by atoms with Crippen LogP contribution in [0.3, 0.4) is 0 Å². The van der Waals surface area contributed by atoms with Crippen LogP contribution in [0.25, 0.3) is 0 Å². The number of benzene rings is 2. The number of amides is 2. The summed E-state index contributed by atoms with van der Waals surface area (Å²) < 4.78 is 47.2. The summed E-state index contributed by atoms with van der Waals surface area (Å²) in [5.74, 6) is -1.16. The highest BCUT2D eigenvalue weighted by Crippen LogP contribution is 2.61. The Hall–Kier alpha value is -2.98. The quantitative estimate of drug-likeness (QED) is 0.477. The highest BCUT2D eigenvalue weighted by molar-refractivity contribution is 6.34. The maximum Gasteiger partial charge on any atom is 0.430 e. The van der Waals surface area contributed by atoms with E-state index in [0.29, 0.717) is 22.9 Å². The number of alkyl halides is 3. The summed E-state index contributed by atoms with van der Waals surface area (Å²) in [7, 11) is 5.95. The zero-order valence-electron chi connectivity index (χ0n) is 23.1. The topological polar surface area (TPSA) is 73.3 Å². The first kappa shape index (κ1) is 30.0. The molecule has 1 N–H and O–H groups in total. The summed E-state index contributed by atoms with van der Waals surface area (Å²) in [6, 6.07) is 10.3. The van der Waals surface area contributed by atoms with E-state index >= 15 is 0 Å². The fourth-order valence-electron chi connectivity index (χ4n) is 5.76. The molecule has 40 heavy (non-hydrogen) atoms. The number of anilines is 1. The Morgan fingerprint density at radius 2 is 1.80 bits per heavy atom. The molecule has 218 valence electrons. The molecule has 1 saturated heterocycles. The number of nitrogens with zero attached hydrogens (tertiary/aromatic N) is 3. The van der Waals surface area contributed by atoms with E-state index in [2.05, 4.69) is 4.90 Å². The lowest BCUT2D eigenvalue weighted by Gasteiger charge is -2.35. The summed E-state index contributed by atoms with van der Waals surface area (Å²) in [4.78, 5) is 30.0. The third kappa shape index (κ3) is 5.61. The summed E-state index contributed by atoms with van der Waals surface area (Å²) in [5.41, 5.74) is -2.74. The van der Waals surface area contributed by atoms with Crippen molar-refractivity contribution in [3.8, 4) is 5.75 Å². The molecule has 0 bridgehead atoms. The molecule has 2 atom stereocenters. The molecule has 1 aliphatic carbocycles. The molecule has 0 radical (unpaired) electrons. The predicted molar refractivity (Wildman–Crippen MR) is 147 cm³/mol. The Kier molecular flexibility index (Phi) is 8.34. The lowest BCUT2D eigenvalue weighted by atomic mass is 9.89. The molecule has 4 rings (SSSR count). The van der Waals surface area contributed by atoms with Crippen LogP contribution in [0.1, 0.15) is 41.6 Å². The van der Waals surface area contributed by atoms with Crippen molar-refractivity contribution in [2.24, 2.45) is 11.3 Å². The van der Waals surface area contributed by atoms with E-state index in [9.17, 15) is 27.9 Å². The van der Waals surface area contributed by atoms with E-state index in [1.165, 1.54) is 31.2 Å². The summed E-state index contributed by atoms with van der Waals surface area (Å²) in [5, 5.41) is 11.1. The van der Waals surface area contributed by atoms with Crippen molar-refractivity contribution < 1.29 is 32.6 Å². The largest absolute Gasteiger partial charge is 0.497 e. The van der Waals surface area contributed by atoms with Crippen LogP contribution < -0.4 is 9.64 Å². The fraction of sp³-hybridized carbons (Fsp3) is 0.517. The average molecular weight is 582 g/mol. The summed E-state index contributed by atoms with van der Waals surface area (Å²) >= 11 is 6.39. The molecule has 7 nitrogen and oxygen atoms in total. The first-order valence-corrected chi connectivity index (χ1v) is 13.6. The Labute approximate surface area is 237 Å². The van der Waals surface area contributed by atoms with Crippen LogP contribution in [-0.4, -0.2) is 80.8 Å². The monoisotopic (exact) mass is 581 g/mol. The van der Waals surface area contributed by atoms with Crippen LogP contribution in [0.15, 0.2) is 42.5 Å². The SMILES string of the molecule is COc1cccc([C@@](O)(C(=O)N(C)CC[C@H]2CC23CCN(c2ccc(C(=O)N(C)C)c(Cl)c2)CC3)C(F)(F)F)c1. The molecule has 0 aromatic heterocycles. The third-order valence-corrected chi connectivity index (χ3v) is 8.75. The highest BCUT2D eigenvalue weighted by Gasteiger charge is 2.62. The zero-order valence-corrected chi connectivity index (χ0v) is 23.8. The van der Waals surface area contributed by atoms with Crippen LogP contribution in [0.5, 0.6) is 5.75 Å². The van der Waals surface area contributed by atoms with Gasteiger partial charge in [0, 0.05) is 52.0 Å². The van der Waals surface area contributed by atoms with Crippen LogP contribution in [0.2, 0.25) is 5.02 Å². The minimum absolute atomic E-state index is 0.105. The zero-order chi connectivity index (χ0) is 29.5. The molecule has 0 unspecified atom stereocenters. The van der Waals surface area contributed by atoms with Crippen molar-refractivity contribution >= 4 is 29.1 Å². The number of hydrogen-bond acceptors (Lipinski definition) is 5. The second-order valence-electron chi connectivity index (χ2n) is 11.1. The molecule has 1 aliphatic heterocycles. The average Bonchev–Trinajstić information content (AvgIpc) is 3.60. The van der Waals surface area contributed by atoms with E-state index in [1.54, 1.807) is 20.2 Å². The number of hydrogen-bond donors (Lipinski definition) is 1. The van der Waals surface area contributed by atoms with Gasteiger partial charge >= 0.3 is 6.18 Å². The smallest absolute Gasteiger partial charge is 0.430 e. The third-order valence-electron chi connectivity index (χ3n) is 8.44. The first-order chi connectivity index (χ1) is 18.7. The maximum atomic E-state index is 14.1. The van der Waals surface area contributed by atoms with Crippen LogP contribution in [-0.2, 0) is 10.4 Å². The van der Waals surface area contributed by atoms with Gasteiger partial charge in [-0.3, -0.25) is 9.59 Å². The molecule has 2 fully saturated rings. The normalized spacial score (nSPS) is 19.6. The molecule has 1 saturated carbocycles. The number of halogens is 4. The second-order valence-corrected chi connectivity index (χ2v) is 11.5. The van der Waals surface area contributed by atoms with Gasteiger partial charge < -0.3 is 24.5 Å². The Balaban J connectivity index is 1.35. The number of aliphatic hydroxyl groups is 1. The second kappa shape index (κ2) is 11.1. The van der Waals surface area contributed by atoms with E-state index < -0.39 is 23.2 Å². The van der Waals surface area contributed by atoms with Gasteiger partial charge in [-0.25, -0.2) is 0 Å². The Bertz CT molecular complexity index is 1260. The van der Waals surface area contributed by atoms with Crippen LogP contribution >= 0.6 is 11.6 Å². The number of carbonyl (C=O) groups excluding carboxylic acids is 2. The van der Waals surface area contributed by atoms with Crippen LogP contribution in [0, 0.1) is 11.3 Å². The number of likely N-dealkylation sites (N-methyl/N-ethyl adjacent to an activating group) is 1. The fourth-order valence-corrected chi connectivity index (χ4v) is 6.02. The Morgan fingerprint density at radius 1 is 1.12 bits per heavy atom. The van der Waals surface area contributed by atoms with E-state index in [4.69, 9.17) is 16.3 Å². The van der Waals surface area contributed by atoms with Gasteiger partial charge in [-0.05, 0) is 67.3 Å². The minimum atomic E-state index is -5.21. The van der Waals surface area contributed by atoms with E-state index in [1.807, 2.05) is 12.1 Å². The summed E-state index contributed by atoms with van der Waals surface area (Å²) in [6.07, 6.45) is -1.86. The number of carbonyl (C=O) groups is 2.